The highest BCUT2D eigenvalue weighted by Crippen LogP contribution is 2.43. The quantitative estimate of drug-likeness (QED) is 0.0156. The predicted octanol–water partition coefficient (Wildman–Crippen LogP) is 9.30. The first kappa shape index (κ1) is 51.6. The fraction of sp³-hybridized carbons (Fsp3) is 0.714. The van der Waals surface area contributed by atoms with E-state index in [0.717, 1.165) is 38.5 Å². The largest absolute Gasteiger partial charge is 0.472 e. The van der Waals surface area contributed by atoms with E-state index in [1.54, 1.807) is 6.08 Å². The summed E-state index contributed by atoms with van der Waals surface area (Å²) in [4.78, 5) is 34.9. The highest BCUT2D eigenvalue weighted by atomic mass is 31.2. The van der Waals surface area contributed by atoms with Gasteiger partial charge in [0.1, 0.15) is 12.7 Å². The Morgan fingerprint density at radius 1 is 0.648 bits per heavy atom. The summed E-state index contributed by atoms with van der Waals surface area (Å²) in [5.74, 6) is -1.02. The highest BCUT2D eigenvalue weighted by Gasteiger charge is 2.27. The van der Waals surface area contributed by atoms with Gasteiger partial charge in [0, 0.05) is 12.8 Å². The molecule has 0 saturated heterocycles. The molecule has 0 rings (SSSR count). The molecule has 54 heavy (non-hydrogen) atoms. The number of aliphatic hydroxyl groups excluding tert-OH is 3. The molecule has 12 heteroatoms. The number of carbonyl (C=O) groups excluding carboxylic acids is 2. The number of hydrogen-bond acceptors (Lipinski definition) is 10. The van der Waals surface area contributed by atoms with Crippen LogP contribution in [-0.2, 0) is 32.7 Å². The zero-order valence-corrected chi connectivity index (χ0v) is 34.2. The Morgan fingerprint density at radius 2 is 1.20 bits per heavy atom. The Balaban J connectivity index is 4.48. The van der Waals surface area contributed by atoms with Crippen LogP contribution in [-0.4, -0.2) is 76.9 Å². The van der Waals surface area contributed by atoms with Gasteiger partial charge in [0.2, 0.25) is 0 Å². The number of hydrogen-bond donors (Lipinski definition) is 4. The molecule has 0 heterocycles. The molecule has 0 aliphatic carbocycles. The van der Waals surface area contributed by atoms with Crippen molar-refractivity contribution in [2.45, 2.75) is 167 Å². The van der Waals surface area contributed by atoms with E-state index < -0.39 is 57.9 Å². The van der Waals surface area contributed by atoms with E-state index in [0.29, 0.717) is 25.7 Å². The lowest BCUT2D eigenvalue weighted by atomic mass is 10.0. The molecule has 312 valence electrons. The van der Waals surface area contributed by atoms with Crippen LogP contribution in [0.1, 0.15) is 149 Å². The zero-order chi connectivity index (χ0) is 40.0. The molecule has 2 unspecified atom stereocenters. The Bertz CT molecular complexity index is 1100. The number of ether oxygens (including phenoxy) is 2. The number of allylic oxidation sites excluding steroid dienone is 8. The number of carbonyl (C=O) groups is 2. The van der Waals surface area contributed by atoms with Gasteiger partial charge in [0.25, 0.3) is 0 Å². The fourth-order valence-electron chi connectivity index (χ4n) is 5.11. The van der Waals surface area contributed by atoms with Crippen molar-refractivity contribution in [3.63, 3.8) is 0 Å². The molecule has 0 aromatic rings. The summed E-state index contributed by atoms with van der Waals surface area (Å²) in [7, 11) is -4.64. The zero-order valence-electron chi connectivity index (χ0n) is 33.3. The molecule has 0 fully saturated rings. The molecule has 0 aromatic heterocycles. The number of esters is 2. The standard InChI is InChI=1S/C42H73O11P/c1-3-5-7-8-9-10-11-12-16-19-22-25-28-32-41(46)50-36-40(37-52-54(48,49)51-35-39(45)34-43)53-42(47)33-29-26-23-20-17-14-13-15-18-21-24-27-31-38(44)30-6-4-2/h6,13-14,18,20-21,23-24,27,30,38-40,43-45H,3-5,7-12,15-17,19,22,25-26,28-29,31-37H2,1-2H3,(H,48,49)/b14-13-,21-18-,23-20-,27-24+,30-6-/t38?,39-,40+/m0/s1. The lowest BCUT2D eigenvalue weighted by molar-refractivity contribution is -0.161. The molecule has 0 aliphatic rings. The van der Waals surface area contributed by atoms with Gasteiger partial charge in [-0.05, 0) is 44.9 Å². The van der Waals surface area contributed by atoms with E-state index in [1.165, 1.54) is 57.8 Å². The van der Waals surface area contributed by atoms with Crippen LogP contribution in [0.25, 0.3) is 0 Å². The second-order valence-electron chi connectivity index (χ2n) is 13.5. The van der Waals surface area contributed by atoms with E-state index in [4.69, 9.17) is 19.1 Å². The Morgan fingerprint density at radius 3 is 1.83 bits per heavy atom. The molecular formula is C42H73O11P. The maximum Gasteiger partial charge on any atom is 0.472 e. The summed E-state index contributed by atoms with van der Waals surface area (Å²) in [5, 5.41) is 28.0. The lowest BCUT2D eigenvalue weighted by Crippen LogP contribution is -2.29. The number of rotatable bonds is 37. The van der Waals surface area contributed by atoms with Gasteiger partial charge in [-0.3, -0.25) is 18.6 Å². The van der Waals surface area contributed by atoms with Crippen LogP contribution < -0.4 is 0 Å². The van der Waals surface area contributed by atoms with Gasteiger partial charge in [-0.2, -0.15) is 0 Å². The molecule has 0 amide bonds. The van der Waals surface area contributed by atoms with Crippen LogP contribution >= 0.6 is 7.82 Å². The molecule has 0 saturated carbocycles. The van der Waals surface area contributed by atoms with Gasteiger partial charge in [-0.1, -0.05) is 152 Å². The third-order valence-corrected chi connectivity index (χ3v) is 9.21. The second-order valence-corrected chi connectivity index (χ2v) is 14.9. The van der Waals surface area contributed by atoms with Crippen molar-refractivity contribution >= 4 is 19.8 Å². The Kier molecular flexibility index (Phi) is 35.9. The van der Waals surface area contributed by atoms with Gasteiger partial charge in [0.05, 0.1) is 25.9 Å². The molecule has 0 radical (unpaired) electrons. The summed E-state index contributed by atoms with van der Waals surface area (Å²) in [6.07, 6.45) is 36.8. The van der Waals surface area contributed by atoms with Crippen molar-refractivity contribution < 1.29 is 52.9 Å². The van der Waals surface area contributed by atoms with Crippen LogP contribution in [0.15, 0.2) is 60.8 Å². The average molecular weight is 785 g/mol. The van der Waals surface area contributed by atoms with Crippen molar-refractivity contribution in [2.24, 2.45) is 0 Å². The predicted molar refractivity (Wildman–Crippen MR) is 216 cm³/mol. The van der Waals surface area contributed by atoms with Crippen molar-refractivity contribution in [2.75, 3.05) is 26.4 Å². The molecule has 4 N–H and O–H groups in total. The van der Waals surface area contributed by atoms with Crippen LogP contribution in [0.3, 0.4) is 0 Å². The number of aliphatic hydroxyl groups is 3. The summed E-state index contributed by atoms with van der Waals surface area (Å²) < 4.78 is 32.5. The van der Waals surface area contributed by atoms with E-state index in [9.17, 15) is 29.3 Å². The number of phosphoric acid groups is 1. The van der Waals surface area contributed by atoms with Crippen molar-refractivity contribution in [1.29, 1.82) is 0 Å². The van der Waals surface area contributed by atoms with Crippen molar-refractivity contribution in [3.8, 4) is 0 Å². The molecular weight excluding hydrogens is 711 g/mol. The minimum atomic E-state index is -4.64. The van der Waals surface area contributed by atoms with Gasteiger partial charge < -0.3 is 29.7 Å². The minimum absolute atomic E-state index is 0.0871. The maximum atomic E-state index is 12.6. The Hall–Kier alpha value is -2.37. The highest BCUT2D eigenvalue weighted by molar-refractivity contribution is 7.47. The van der Waals surface area contributed by atoms with Gasteiger partial charge >= 0.3 is 19.8 Å². The summed E-state index contributed by atoms with van der Waals surface area (Å²) in [5.41, 5.74) is 0. The van der Waals surface area contributed by atoms with Crippen molar-refractivity contribution in [1.82, 2.24) is 0 Å². The molecule has 11 nitrogen and oxygen atoms in total. The van der Waals surface area contributed by atoms with E-state index >= 15 is 0 Å². The second kappa shape index (κ2) is 37.5. The molecule has 0 bridgehead atoms. The van der Waals surface area contributed by atoms with Crippen LogP contribution in [0.4, 0.5) is 0 Å². The number of unbranched alkanes of at least 4 members (excludes halogenated alkanes) is 13. The minimum Gasteiger partial charge on any atom is -0.462 e. The summed E-state index contributed by atoms with van der Waals surface area (Å²) >= 11 is 0. The van der Waals surface area contributed by atoms with E-state index in [-0.39, 0.29) is 19.4 Å². The van der Waals surface area contributed by atoms with Crippen LogP contribution in [0.5, 0.6) is 0 Å². The average Bonchev–Trinajstić information content (AvgIpc) is 3.15. The first-order chi connectivity index (χ1) is 26.1. The summed E-state index contributed by atoms with van der Waals surface area (Å²) in [6.45, 7) is 2.05. The maximum absolute atomic E-state index is 12.6. The van der Waals surface area contributed by atoms with Gasteiger partial charge in [0.15, 0.2) is 6.10 Å². The van der Waals surface area contributed by atoms with Gasteiger partial charge in [-0.15, -0.1) is 0 Å². The number of phosphoric ester groups is 1. The fourth-order valence-corrected chi connectivity index (χ4v) is 5.90. The lowest BCUT2D eigenvalue weighted by Gasteiger charge is -2.20. The molecule has 0 aromatic carbocycles. The third kappa shape index (κ3) is 36.6. The molecule has 0 aliphatic heterocycles. The Labute approximate surface area is 326 Å². The smallest absolute Gasteiger partial charge is 0.462 e. The monoisotopic (exact) mass is 784 g/mol. The molecule has 0 spiro atoms. The van der Waals surface area contributed by atoms with Gasteiger partial charge in [-0.25, -0.2) is 4.57 Å². The van der Waals surface area contributed by atoms with Crippen LogP contribution in [0.2, 0.25) is 0 Å². The van der Waals surface area contributed by atoms with Crippen molar-refractivity contribution in [3.05, 3.63) is 60.8 Å². The third-order valence-electron chi connectivity index (χ3n) is 8.26. The topological polar surface area (TPSA) is 169 Å². The first-order valence-electron chi connectivity index (χ1n) is 20.4. The van der Waals surface area contributed by atoms with E-state index in [1.807, 2.05) is 49.5 Å². The summed E-state index contributed by atoms with van der Waals surface area (Å²) in [6, 6.07) is 0. The van der Waals surface area contributed by atoms with E-state index in [2.05, 4.69) is 23.6 Å². The SMILES string of the molecule is CC/C=C\C(O)C/C=C/C=C\C/C=C\C/C=C\CCCC(=O)O[C@H](COC(=O)CCCCCCCCCCCCCCC)COP(=O)(O)OC[C@@H](O)CO. The van der Waals surface area contributed by atoms with Crippen LogP contribution in [0, 0.1) is 0 Å². The normalized spacial score (nSPS) is 15.1. The first-order valence-corrected chi connectivity index (χ1v) is 21.8. The molecule has 4 atom stereocenters.